The molecule has 0 aliphatic heterocycles. The van der Waals surface area contributed by atoms with E-state index in [9.17, 15) is 18.0 Å². The summed E-state index contributed by atoms with van der Waals surface area (Å²) in [6.45, 7) is 0. The van der Waals surface area contributed by atoms with Gasteiger partial charge >= 0.3 is 12.1 Å². The van der Waals surface area contributed by atoms with E-state index in [1.165, 1.54) is 6.07 Å². The average molecular weight is 220 g/mol. The molecule has 5 nitrogen and oxygen atoms in total. The molecule has 80 valence electrons. The van der Waals surface area contributed by atoms with Crippen LogP contribution in [0, 0.1) is 11.3 Å². The second kappa shape index (κ2) is 3.20. The van der Waals surface area contributed by atoms with E-state index in [1.807, 2.05) is 0 Å². The fourth-order valence-corrected chi connectivity index (χ4v) is 0.963. The minimum absolute atomic E-state index is 0.824. The Morgan fingerprint density at radius 1 is 1.53 bits per heavy atom. The van der Waals surface area contributed by atoms with Crippen molar-refractivity contribution in [3.8, 4) is 6.07 Å². The normalized spacial score (nSPS) is 11.1. The molecule has 0 atom stereocenters. The molecule has 0 amide bonds. The predicted octanol–water partition coefficient (Wildman–Crippen LogP) is 1.45. The van der Waals surface area contributed by atoms with E-state index in [0.717, 1.165) is 0 Å². The van der Waals surface area contributed by atoms with E-state index in [2.05, 4.69) is 4.42 Å². The van der Waals surface area contributed by atoms with Gasteiger partial charge in [0.15, 0.2) is 0 Å². The van der Waals surface area contributed by atoms with Gasteiger partial charge in [-0.3, -0.25) is 0 Å². The van der Waals surface area contributed by atoms with Crippen molar-refractivity contribution in [3.05, 3.63) is 16.9 Å². The summed E-state index contributed by atoms with van der Waals surface area (Å²) < 4.78 is 40.7. The summed E-state index contributed by atoms with van der Waals surface area (Å²) in [5, 5.41) is 16.9. The monoisotopic (exact) mass is 220 g/mol. The zero-order valence-electron chi connectivity index (χ0n) is 6.92. The van der Waals surface area contributed by atoms with Crippen LogP contribution in [0.15, 0.2) is 4.42 Å². The van der Waals surface area contributed by atoms with Crippen molar-refractivity contribution in [3.63, 3.8) is 0 Å². The minimum atomic E-state index is -5.00. The van der Waals surface area contributed by atoms with Crippen LogP contribution in [-0.2, 0) is 6.18 Å². The van der Waals surface area contributed by atoms with E-state index in [0.29, 0.717) is 0 Å². The highest BCUT2D eigenvalue weighted by atomic mass is 19.4. The molecule has 8 heteroatoms. The number of carbonyl (C=O) groups is 1. The number of alkyl halides is 3. The second-order valence-electron chi connectivity index (χ2n) is 2.46. The minimum Gasteiger partial charge on any atom is -0.478 e. The molecule has 0 fully saturated rings. The molecule has 0 saturated carbocycles. The second-order valence-corrected chi connectivity index (χ2v) is 2.46. The number of rotatable bonds is 1. The Balaban J connectivity index is 3.57. The quantitative estimate of drug-likeness (QED) is 0.745. The number of carboxylic acids is 1. The summed E-state index contributed by atoms with van der Waals surface area (Å²) in [5.41, 5.74) is 2.85. The van der Waals surface area contributed by atoms with Gasteiger partial charge in [0.05, 0.1) is 0 Å². The first kappa shape index (κ1) is 10.9. The summed E-state index contributed by atoms with van der Waals surface area (Å²) in [7, 11) is 0. The maximum atomic E-state index is 12.2. The Hall–Kier alpha value is -2.17. The van der Waals surface area contributed by atoms with Gasteiger partial charge in [-0.05, 0) is 0 Å². The van der Waals surface area contributed by atoms with Crippen LogP contribution < -0.4 is 5.73 Å². The van der Waals surface area contributed by atoms with Gasteiger partial charge in [-0.1, -0.05) is 0 Å². The van der Waals surface area contributed by atoms with Gasteiger partial charge in [-0.15, -0.1) is 0 Å². The summed E-state index contributed by atoms with van der Waals surface area (Å²) in [6.07, 6.45) is -5.00. The number of nitrogens with two attached hydrogens (primary N) is 1. The third kappa shape index (κ3) is 1.71. The molecule has 15 heavy (non-hydrogen) atoms. The maximum Gasteiger partial charge on any atom is 0.450 e. The van der Waals surface area contributed by atoms with Gasteiger partial charge in [-0.2, -0.15) is 18.4 Å². The molecule has 1 aromatic rings. The first-order valence-electron chi connectivity index (χ1n) is 3.42. The van der Waals surface area contributed by atoms with Crippen molar-refractivity contribution in [1.82, 2.24) is 0 Å². The predicted molar refractivity (Wildman–Crippen MR) is 39.8 cm³/mol. The molecular formula is C7H3F3N2O3. The maximum absolute atomic E-state index is 12.2. The first-order chi connectivity index (χ1) is 6.79. The molecule has 0 aliphatic rings. The van der Waals surface area contributed by atoms with Crippen LogP contribution in [0.1, 0.15) is 21.7 Å². The lowest BCUT2D eigenvalue weighted by molar-refractivity contribution is -0.153. The summed E-state index contributed by atoms with van der Waals surface area (Å²) in [6, 6.07) is 1.24. The van der Waals surface area contributed by atoms with Gasteiger partial charge < -0.3 is 15.3 Å². The highest BCUT2D eigenvalue weighted by molar-refractivity contribution is 5.93. The lowest BCUT2D eigenvalue weighted by Crippen LogP contribution is -2.11. The molecule has 1 rings (SSSR count). The molecule has 1 heterocycles. The van der Waals surface area contributed by atoms with Crippen LogP contribution in [0.2, 0.25) is 0 Å². The van der Waals surface area contributed by atoms with Crippen LogP contribution in [0.25, 0.3) is 0 Å². The van der Waals surface area contributed by atoms with Crippen molar-refractivity contribution in [1.29, 1.82) is 5.26 Å². The SMILES string of the molecule is N#Cc1c(N)oc(C(F)(F)F)c1C(=O)O. The van der Waals surface area contributed by atoms with Crippen molar-refractivity contribution in [2.24, 2.45) is 0 Å². The van der Waals surface area contributed by atoms with Crippen LogP contribution >= 0.6 is 0 Å². The number of nitrogen functional groups attached to an aromatic ring is 1. The number of hydrogen-bond donors (Lipinski definition) is 2. The summed E-state index contributed by atoms with van der Waals surface area (Å²) >= 11 is 0. The van der Waals surface area contributed by atoms with E-state index in [-0.39, 0.29) is 0 Å². The lowest BCUT2D eigenvalue weighted by Gasteiger charge is -2.02. The Kier molecular flexibility index (Phi) is 2.33. The number of aromatic carboxylic acids is 1. The Bertz CT molecular complexity index is 455. The molecule has 0 saturated heterocycles. The number of hydrogen-bond acceptors (Lipinski definition) is 4. The molecule has 0 radical (unpaired) electrons. The van der Waals surface area contributed by atoms with Gasteiger partial charge in [0.2, 0.25) is 11.6 Å². The van der Waals surface area contributed by atoms with Crippen LogP contribution in [0.4, 0.5) is 19.1 Å². The zero-order chi connectivity index (χ0) is 11.8. The standard InChI is InChI=1S/C7H3F3N2O3/c8-7(9,10)4-3(6(13)14)2(1-11)5(12)15-4/h12H2,(H,13,14). The number of carboxylic acid groups (broad SMARTS) is 1. The van der Waals surface area contributed by atoms with Crippen LogP contribution in [0.3, 0.4) is 0 Å². The molecule has 0 bridgehead atoms. The number of anilines is 1. The van der Waals surface area contributed by atoms with Crippen molar-refractivity contribution in [2.75, 3.05) is 5.73 Å². The summed E-state index contributed by atoms with van der Waals surface area (Å²) in [5.74, 6) is -4.55. The highest BCUT2D eigenvalue weighted by Gasteiger charge is 2.42. The number of nitrogens with zero attached hydrogens (tertiary/aromatic N) is 1. The fraction of sp³-hybridized carbons (Fsp3) is 0.143. The molecule has 0 spiro atoms. The van der Waals surface area contributed by atoms with Crippen molar-refractivity contribution in [2.45, 2.75) is 6.18 Å². The molecule has 0 aliphatic carbocycles. The van der Waals surface area contributed by atoms with Gasteiger partial charge in [0.25, 0.3) is 0 Å². The average Bonchev–Trinajstić information content (AvgIpc) is 2.41. The number of furan rings is 1. The van der Waals surface area contributed by atoms with E-state index >= 15 is 0 Å². The number of nitriles is 1. The van der Waals surface area contributed by atoms with E-state index in [4.69, 9.17) is 16.1 Å². The van der Waals surface area contributed by atoms with E-state index < -0.39 is 34.9 Å². The molecule has 1 aromatic heterocycles. The topological polar surface area (TPSA) is 100 Å². The Morgan fingerprint density at radius 2 is 2.07 bits per heavy atom. The van der Waals surface area contributed by atoms with Gasteiger partial charge in [0.1, 0.15) is 17.2 Å². The molecular weight excluding hydrogens is 217 g/mol. The summed E-state index contributed by atoms with van der Waals surface area (Å²) in [4.78, 5) is 10.5. The Labute approximate surface area is 80.5 Å². The smallest absolute Gasteiger partial charge is 0.450 e. The van der Waals surface area contributed by atoms with Crippen LogP contribution in [-0.4, -0.2) is 11.1 Å². The van der Waals surface area contributed by atoms with E-state index in [1.54, 1.807) is 0 Å². The molecule has 3 N–H and O–H groups in total. The Morgan fingerprint density at radius 3 is 2.40 bits per heavy atom. The zero-order valence-corrected chi connectivity index (χ0v) is 6.92. The third-order valence-electron chi connectivity index (χ3n) is 1.52. The molecule has 0 unspecified atom stereocenters. The number of halogens is 3. The first-order valence-corrected chi connectivity index (χ1v) is 3.42. The fourth-order valence-electron chi connectivity index (χ4n) is 0.963. The van der Waals surface area contributed by atoms with Gasteiger partial charge in [-0.25, -0.2) is 4.79 Å². The molecule has 0 aromatic carbocycles. The highest BCUT2D eigenvalue weighted by Crippen LogP contribution is 2.37. The lowest BCUT2D eigenvalue weighted by atomic mass is 10.1. The van der Waals surface area contributed by atoms with Crippen molar-refractivity contribution < 1.29 is 27.5 Å². The van der Waals surface area contributed by atoms with Crippen molar-refractivity contribution >= 4 is 11.9 Å². The third-order valence-corrected chi connectivity index (χ3v) is 1.52. The largest absolute Gasteiger partial charge is 0.478 e. The van der Waals surface area contributed by atoms with Gasteiger partial charge in [0, 0.05) is 0 Å². The van der Waals surface area contributed by atoms with Crippen LogP contribution in [0.5, 0.6) is 0 Å².